The van der Waals surface area contributed by atoms with Crippen LogP contribution in [0.15, 0.2) is 42.5 Å². The van der Waals surface area contributed by atoms with Gasteiger partial charge in [-0.3, -0.25) is 4.79 Å². The zero-order chi connectivity index (χ0) is 17.1. The molecule has 3 aromatic rings. The molecule has 0 fully saturated rings. The summed E-state index contributed by atoms with van der Waals surface area (Å²) in [5, 5.41) is 4.45. The minimum absolute atomic E-state index is 0.183. The molecule has 24 heavy (non-hydrogen) atoms. The third-order valence-corrected chi connectivity index (χ3v) is 3.97. The molecule has 6 heteroatoms. The Bertz CT molecular complexity index is 889. The number of aromatic nitrogens is 1. The first-order chi connectivity index (χ1) is 11.6. The topological polar surface area (TPSA) is 63.3 Å². The quantitative estimate of drug-likeness (QED) is 0.740. The second-order valence-electron chi connectivity index (χ2n) is 5.29. The Labute approximate surface area is 144 Å². The molecule has 2 aromatic carbocycles. The van der Waals surface area contributed by atoms with E-state index in [0.717, 1.165) is 16.5 Å². The standard InChI is InChI=1S/C18H17ClN2O3/c1-23-16-6-3-11(7-17(16)24-2)10-20-18(22)15-8-12-4-5-13(19)9-14(12)21-15/h3-9,21H,10H2,1-2H3,(H,20,22). The third kappa shape index (κ3) is 3.31. The van der Waals surface area contributed by atoms with Crippen LogP contribution in [0.5, 0.6) is 11.5 Å². The van der Waals surface area contributed by atoms with Gasteiger partial charge in [-0.2, -0.15) is 0 Å². The minimum atomic E-state index is -0.183. The van der Waals surface area contributed by atoms with Gasteiger partial charge in [-0.1, -0.05) is 23.7 Å². The number of methoxy groups -OCH3 is 2. The number of hydrogen-bond donors (Lipinski definition) is 2. The number of carbonyl (C=O) groups is 1. The molecule has 0 spiro atoms. The van der Waals surface area contributed by atoms with Gasteiger partial charge in [0.2, 0.25) is 0 Å². The van der Waals surface area contributed by atoms with Crippen LogP contribution < -0.4 is 14.8 Å². The summed E-state index contributed by atoms with van der Waals surface area (Å²) < 4.78 is 10.5. The largest absolute Gasteiger partial charge is 0.493 e. The molecule has 0 aliphatic carbocycles. The molecule has 0 radical (unpaired) electrons. The number of hydrogen-bond acceptors (Lipinski definition) is 3. The Hall–Kier alpha value is -2.66. The second-order valence-corrected chi connectivity index (χ2v) is 5.72. The zero-order valence-corrected chi connectivity index (χ0v) is 14.1. The molecule has 0 unspecified atom stereocenters. The molecule has 1 heterocycles. The van der Waals surface area contributed by atoms with E-state index in [2.05, 4.69) is 10.3 Å². The number of H-pyrrole nitrogens is 1. The molecule has 2 N–H and O–H groups in total. The molecule has 0 saturated heterocycles. The van der Waals surface area contributed by atoms with E-state index < -0.39 is 0 Å². The van der Waals surface area contributed by atoms with Crippen molar-refractivity contribution in [3.63, 3.8) is 0 Å². The van der Waals surface area contributed by atoms with Gasteiger partial charge in [-0.05, 0) is 35.9 Å². The van der Waals surface area contributed by atoms with Crippen LogP contribution in [0.3, 0.4) is 0 Å². The van der Waals surface area contributed by atoms with Gasteiger partial charge in [0.25, 0.3) is 5.91 Å². The molecule has 1 amide bonds. The first-order valence-electron chi connectivity index (χ1n) is 7.38. The van der Waals surface area contributed by atoms with Gasteiger partial charge in [-0.25, -0.2) is 0 Å². The molecule has 5 nitrogen and oxygen atoms in total. The van der Waals surface area contributed by atoms with Gasteiger partial charge >= 0.3 is 0 Å². The number of nitrogens with one attached hydrogen (secondary N) is 2. The summed E-state index contributed by atoms with van der Waals surface area (Å²) in [5.41, 5.74) is 2.24. The summed E-state index contributed by atoms with van der Waals surface area (Å²) in [7, 11) is 3.16. The number of amides is 1. The maximum absolute atomic E-state index is 12.3. The van der Waals surface area contributed by atoms with Gasteiger partial charge in [0.15, 0.2) is 11.5 Å². The average Bonchev–Trinajstić information content (AvgIpc) is 3.02. The molecule has 0 atom stereocenters. The van der Waals surface area contributed by atoms with Crippen molar-refractivity contribution in [2.75, 3.05) is 14.2 Å². The lowest BCUT2D eigenvalue weighted by atomic mass is 10.2. The number of ether oxygens (including phenoxy) is 2. The van der Waals surface area contributed by atoms with E-state index in [4.69, 9.17) is 21.1 Å². The smallest absolute Gasteiger partial charge is 0.267 e. The fraction of sp³-hybridized carbons (Fsp3) is 0.167. The number of carbonyl (C=O) groups excluding carboxylic acids is 1. The molecule has 0 aliphatic rings. The Morgan fingerprint density at radius 2 is 1.88 bits per heavy atom. The fourth-order valence-corrected chi connectivity index (χ4v) is 2.66. The monoisotopic (exact) mass is 344 g/mol. The van der Waals surface area contributed by atoms with E-state index in [9.17, 15) is 4.79 Å². The van der Waals surface area contributed by atoms with Crippen molar-refractivity contribution in [2.24, 2.45) is 0 Å². The van der Waals surface area contributed by atoms with E-state index in [1.165, 1.54) is 0 Å². The van der Waals surface area contributed by atoms with Crippen LogP contribution in [0.2, 0.25) is 5.02 Å². The number of halogens is 1. The molecule has 0 saturated carbocycles. The van der Waals surface area contributed by atoms with Crippen LogP contribution in [-0.2, 0) is 6.54 Å². The number of benzene rings is 2. The minimum Gasteiger partial charge on any atom is -0.493 e. The van der Waals surface area contributed by atoms with Crippen LogP contribution in [0.25, 0.3) is 10.9 Å². The SMILES string of the molecule is COc1ccc(CNC(=O)c2cc3ccc(Cl)cc3[nH]2)cc1OC. The Kier molecular flexibility index (Phi) is 4.62. The summed E-state index contributed by atoms with van der Waals surface area (Å²) in [5.74, 6) is 1.10. The maximum atomic E-state index is 12.3. The predicted molar refractivity (Wildman–Crippen MR) is 94.0 cm³/mol. The Balaban J connectivity index is 1.72. The van der Waals surface area contributed by atoms with Crippen molar-refractivity contribution >= 4 is 28.4 Å². The maximum Gasteiger partial charge on any atom is 0.267 e. The van der Waals surface area contributed by atoms with Crippen molar-refractivity contribution in [3.05, 3.63) is 58.7 Å². The van der Waals surface area contributed by atoms with E-state index in [0.29, 0.717) is 28.8 Å². The highest BCUT2D eigenvalue weighted by Crippen LogP contribution is 2.27. The highest BCUT2D eigenvalue weighted by Gasteiger charge is 2.10. The van der Waals surface area contributed by atoms with Gasteiger partial charge in [-0.15, -0.1) is 0 Å². The van der Waals surface area contributed by atoms with Crippen molar-refractivity contribution in [3.8, 4) is 11.5 Å². The molecule has 1 aromatic heterocycles. The third-order valence-electron chi connectivity index (χ3n) is 3.73. The first-order valence-corrected chi connectivity index (χ1v) is 7.76. The molecule has 0 bridgehead atoms. The van der Waals surface area contributed by atoms with E-state index in [-0.39, 0.29) is 5.91 Å². The van der Waals surface area contributed by atoms with E-state index >= 15 is 0 Å². The summed E-state index contributed by atoms with van der Waals surface area (Å²) in [6.07, 6.45) is 0. The van der Waals surface area contributed by atoms with Crippen molar-refractivity contribution in [1.82, 2.24) is 10.3 Å². The molecule has 124 valence electrons. The van der Waals surface area contributed by atoms with Crippen LogP contribution in [0.1, 0.15) is 16.1 Å². The normalized spacial score (nSPS) is 10.6. The summed E-state index contributed by atoms with van der Waals surface area (Å²) in [4.78, 5) is 15.4. The highest BCUT2D eigenvalue weighted by atomic mass is 35.5. The van der Waals surface area contributed by atoms with E-state index in [1.807, 2.05) is 24.3 Å². The Morgan fingerprint density at radius 1 is 1.08 bits per heavy atom. The van der Waals surface area contributed by atoms with Gasteiger partial charge in [0, 0.05) is 22.5 Å². The zero-order valence-electron chi connectivity index (χ0n) is 13.4. The highest BCUT2D eigenvalue weighted by molar-refractivity contribution is 6.31. The predicted octanol–water partition coefficient (Wildman–Crippen LogP) is 3.77. The first kappa shape index (κ1) is 16.2. The van der Waals surface area contributed by atoms with Crippen LogP contribution in [0, 0.1) is 0 Å². The average molecular weight is 345 g/mol. The van der Waals surface area contributed by atoms with Crippen LogP contribution >= 0.6 is 11.6 Å². The fourth-order valence-electron chi connectivity index (χ4n) is 2.49. The lowest BCUT2D eigenvalue weighted by molar-refractivity contribution is 0.0946. The summed E-state index contributed by atoms with van der Waals surface area (Å²) >= 11 is 5.96. The molecule has 0 aliphatic heterocycles. The Morgan fingerprint density at radius 3 is 2.62 bits per heavy atom. The van der Waals surface area contributed by atoms with Crippen molar-refractivity contribution in [2.45, 2.75) is 6.54 Å². The van der Waals surface area contributed by atoms with Crippen molar-refractivity contribution in [1.29, 1.82) is 0 Å². The molecular formula is C18H17ClN2O3. The van der Waals surface area contributed by atoms with Crippen LogP contribution in [-0.4, -0.2) is 25.1 Å². The van der Waals surface area contributed by atoms with Gasteiger partial charge < -0.3 is 19.8 Å². The lowest BCUT2D eigenvalue weighted by Crippen LogP contribution is -2.23. The number of fused-ring (bicyclic) bond motifs is 1. The molecule has 3 rings (SSSR count). The summed E-state index contributed by atoms with van der Waals surface area (Å²) in [6.45, 7) is 0.384. The van der Waals surface area contributed by atoms with Crippen molar-refractivity contribution < 1.29 is 14.3 Å². The summed E-state index contributed by atoms with van der Waals surface area (Å²) in [6, 6.07) is 12.8. The number of aromatic amines is 1. The van der Waals surface area contributed by atoms with Gasteiger partial charge in [0.05, 0.1) is 14.2 Å². The van der Waals surface area contributed by atoms with Gasteiger partial charge in [0.1, 0.15) is 5.69 Å². The lowest BCUT2D eigenvalue weighted by Gasteiger charge is -2.10. The second kappa shape index (κ2) is 6.84. The molecular weight excluding hydrogens is 328 g/mol. The van der Waals surface area contributed by atoms with Crippen LogP contribution in [0.4, 0.5) is 0 Å². The van der Waals surface area contributed by atoms with E-state index in [1.54, 1.807) is 32.4 Å². The number of rotatable bonds is 5.